The van der Waals surface area contributed by atoms with Crippen LogP contribution in [0.2, 0.25) is 5.02 Å². The van der Waals surface area contributed by atoms with Crippen molar-refractivity contribution in [2.45, 2.75) is 0 Å². The summed E-state index contributed by atoms with van der Waals surface area (Å²) in [6, 6.07) is 32.8. The zero-order chi connectivity index (χ0) is 32.0. The first-order valence-electron chi connectivity index (χ1n) is 14.2. The molecule has 46 heavy (non-hydrogen) atoms. The highest BCUT2D eigenvalue weighted by molar-refractivity contribution is 6.33. The molecule has 0 fully saturated rings. The third kappa shape index (κ3) is 6.48. The molecule has 224 valence electrons. The largest absolute Gasteiger partial charge is 0.360 e. The van der Waals surface area contributed by atoms with Gasteiger partial charge in [0.15, 0.2) is 0 Å². The molecule has 6 rings (SSSR count). The van der Waals surface area contributed by atoms with Gasteiger partial charge in [-0.05, 0) is 60.2 Å². The second-order valence-electron chi connectivity index (χ2n) is 10.3. The molecule has 0 spiro atoms. The number of carbonyl (C=O) groups excluding carboxylic acids is 2. The lowest BCUT2D eigenvalue weighted by atomic mass is 10.1. The van der Waals surface area contributed by atoms with Gasteiger partial charge in [-0.25, -0.2) is 9.97 Å². The average molecular weight is 624 g/mol. The van der Waals surface area contributed by atoms with Crippen molar-refractivity contribution in [2.75, 3.05) is 22.6 Å². The zero-order valence-corrected chi connectivity index (χ0v) is 25.3. The highest BCUT2D eigenvalue weighted by atomic mass is 35.5. The van der Waals surface area contributed by atoms with Gasteiger partial charge in [0.2, 0.25) is 5.95 Å². The van der Waals surface area contributed by atoms with Crippen LogP contribution in [0.3, 0.4) is 0 Å². The molecule has 2 heterocycles. The van der Waals surface area contributed by atoms with Gasteiger partial charge in [0.25, 0.3) is 11.8 Å². The van der Waals surface area contributed by atoms with Crippen LogP contribution < -0.4 is 15.5 Å². The molecule has 9 nitrogen and oxygen atoms in total. The van der Waals surface area contributed by atoms with Crippen molar-refractivity contribution in [3.05, 3.63) is 137 Å². The molecule has 0 aliphatic carbocycles. The Kier molecular flexibility index (Phi) is 8.54. The summed E-state index contributed by atoms with van der Waals surface area (Å²) in [4.78, 5) is 39.8. The van der Waals surface area contributed by atoms with Gasteiger partial charge in [-0.15, -0.1) is 0 Å². The van der Waals surface area contributed by atoms with E-state index in [-0.39, 0.29) is 11.5 Å². The fraction of sp³-hybridized carbons (Fsp3) is 0.0278. The molecule has 0 unspecified atom stereocenters. The molecule has 4 aromatic carbocycles. The summed E-state index contributed by atoms with van der Waals surface area (Å²) in [6.07, 6.45) is 4.95. The highest BCUT2D eigenvalue weighted by Crippen LogP contribution is 2.33. The monoisotopic (exact) mass is 623 g/mol. The number of hydrogen-bond donors (Lipinski definition) is 3. The summed E-state index contributed by atoms with van der Waals surface area (Å²) in [5.41, 5.74) is 5.35. The zero-order valence-electron chi connectivity index (χ0n) is 24.5. The minimum atomic E-state index is -0.537. The molecule has 0 atom stereocenters. The normalized spacial score (nSPS) is 11.1. The van der Waals surface area contributed by atoms with Gasteiger partial charge in [0.05, 0.1) is 16.9 Å². The van der Waals surface area contributed by atoms with Crippen LogP contribution in [0.15, 0.2) is 121 Å². The minimum Gasteiger partial charge on any atom is -0.360 e. The number of halogens is 1. The maximum absolute atomic E-state index is 13.4. The standard InChI is InChI=1S/C36H26ClN7O2/c1-44(35(46)24-14-16-26(17-15-24)41-34(45)25(20-38)18-23-8-3-2-4-9-23)28-11-7-10-27(19-28)42-36-40-22-31(37)33(43-36)30-21-39-32-13-6-5-12-29(30)32/h2-19,21-22,39H,1H3,(H,41,45)(H,40,42,43). The van der Waals surface area contributed by atoms with E-state index in [0.717, 1.165) is 22.0 Å². The molecule has 10 heteroatoms. The smallest absolute Gasteiger partial charge is 0.266 e. The van der Waals surface area contributed by atoms with Crippen LogP contribution in [0.25, 0.3) is 28.2 Å². The first-order chi connectivity index (χ1) is 22.4. The number of aromatic amines is 1. The van der Waals surface area contributed by atoms with Gasteiger partial charge < -0.3 is 20.5 Å². The molecule has 0 aliphatic heterocycles. The summed E-state index contributed by atoms with van der Waals surface area (Å²) >= 11 is 6.49. The van der Waals surface area contributed by atoms with Crippen molar-refractivity contribution in [2.24, 2.45) is 0 Å². The van der Waals surface area contributed by atoms with Gasteiger partial charge in [-0.3, -0.25) is 9.59 Å². The van der Waals surface area contributed by atoms with Gasteiger partial charge >= 0.3 is 0 Å². The highest BCUT2D eigenvalue weighted by Gasteiger charge is 2.17. The van der Waals surface area contributed by atoms with Crippen LogP contribution in [0, 0.1) is 11.3 Å². The van der Waals surface area contributed by atoms with Crippen molar-refractivity contribution < 1.29 is 9.59 Å². The lowest BCUT2D eigenvalue weighted by Gasteiger charge is -2.19. The van der Waals surface area contributed by atoms with Crippen molar-refractivity contribution >= 4 is 63.4 Å². The number of H-pyrrole nitrogens is 1. The molecule has 0 radical (unpaired) electrons. The number of rotatable bonds is 8. The molecule has 2 aromatic heterocycles. The molecule has 0 aliphatic rings. The molecule has 0 bridgehead atoms. The van der Waals surface area contributed by atoms with Crippen LogP contribution in [0.4, 0.5) is 23.0 Å². The number of amides is 2. The first-order valence-corrected chi connectivity index (χ1v) is 14.6. The van der Waals surface area contributed by atoms with Gasteiger partial charge in [0.1, 0.15) is 11.6 Å². The Hall–Kier alpha value is -6.24. The third-order valence-corrected chi connectivity index (χ3v) is 7.52. The number of nitrogens with zero attached hydrogens (tertiary/aromatic N) is 4. The van der Waals surface area contributed by atoms with Crippen molar-refractivity contribution in [1.82, 2.24) is 15.0 Å². The van der Waals surface area contributed by atoms with Gasteiger partial charge in [-0.1, -0.05) is 66.2 Å². The molecule has 0 saturated heterocycles. The maximum Gasteiger partial charge on any atom is 0.266 e. The maximum atomic E-state index is 13.4. The Morgan fingerprint density at radius 1 is 0.935 bits per heavy atom. The van der Waals surface area contributed by atoms with E-state index in [9.17, 15) is 14.9 Å². The SMILES string of the molecule is CN(C(=O)c1ccc(NC(=O)C(C#N)=Cc2ccccc2)cc1)c1cccc(Nc2ncc(Cl)c(-c3c[nH]c4ccccc34)n2)c1. The number of hydrogen-bond acceptors (Lipinski definition) is 6. The second-order valence-corrected chi connectivity index (χ2v) is 10.7. The fourth-order valence-corrected chi connectivity index (χ4v) is 5.07. The van der Waals surface area contributed by atoms with E-state index in [1.165, 1.54) is 11.0 Å². The predicted molar refractivity (Wildman–Crippen MR) is 182 cm³/mol. The number of benzene rings is 4. The average Bonchev–Trinajstić information content (AvgIpc) is 3.52. The number of carbonyl (C=O) groups is 2. The summed E-state index contributed by atoms with van der Waals surface area (Å²) in [5, 5.41) is 16.8. The molecule has 3 N–H and O–H groups in total. The number of anilines is 4. The van der Waals surface area contributed by atoms with Crippen molar-refractivity contribution in [3.8, 4) is 17.3 Å². The van der Waals surface area contributed by atoms with Gasteiger partial charge in [-0.2, -0.15) is 5.26 Å². The van der Waals surface area contributed by atoms with Crippen LogP contribution in [-0.4, -0.2) is 33.8 Å². The molecule has 0 saturated carbocycles. The van der Waals surface area contributed by atoms with E-state index in [4.69, 9.17) is 11.6 Å². The Bertz CT molecular complexity index is 2130. The lowest BCUT2D eigenvalue weighted by molar-refractivity contribution is -0.112. The van der Waals surface area contributed by atoms with Crippen molar-refractivity contribution in [1.29, 1.82) is 5.26 Å². The lowest BCUT2D eigenvalue weighted by Crippen LogP contribution is -2.26. The number of fused-ring (bicyclic) bond motifs is 1. The van der Waals surface area contributed by atoms with E-state index in [1.54, 1.807) is 49.6 Å². The van der Waals surface area contributed by atoms with E-state index >= 15 is 0 Å². The second kappa shape index (κ2) is 13.2. The topological polar surface area (TPSA) is 127 Å². The van der Waals surface area contributed by atoms with Crippen LogP contribution in [0.1, 0.15) is 15.9 Å². The van der Waals surface area contributed by atoms with E-state index in [1.807, 2.05) is 79.0 Å². The van der Waals surface area contributed by atoms with Gasteiger partial charge in [0, 0.05) is 52.3 Å². The summed E-state index contributed by atoms with van der Waals surface area (Å²) < 4.78 is 0. The van der Waals surface area contributed by atoms with Crippen LogP contribution in [0.5, 0.6) is 0 Å². The number of aromatic nitrogens is 3. The Balaban J connectivity index is 1.14. The molecular formula is C36H26ClN7O2. The van der Waals surface area contributed by atoms with E-state index < -0.39 is 5.91 Å². The molecular weight excluding hydrogens is 598 g/mol. The number of para-hydroxylation sites is 1. The van der Waals surface area contributed by atoms with E-state index in [2.05, 4.69) is 25.6 Å². The number of nitriles is 1. The first kappa shape index (κ1) is 29.8. The molecule has 2 amide bonds. The molecule has 6 aromatic rings. The minimum absolute atomic E-state index is 0.0298. The Labute approximate surface area is 269 Å². The van der Waals surface area contributed by atoms with Crippen molar-refractivity contribution in [3.63, 3.8) is 0 Å². The van der Waals surface area contributed by atoms with Crippen LogP contribution >= 0.6 is 11.6 Å². The fourth-order valence-electron chi connectivity index (χ4n) is 4.88. The Morgan fingerprint density at radius 2 is 1.70 bits per heavy atom. The van der Waals surface area contributed by atoms with E-state index in [0.29, 0.717) is 39.3 Å². The quantitative estimate of drug-likeness (QED) is 0.117. The summed E-state index contributed by atoms with van der Waals surface area (Å²) in [7, 11) is 1.68. The summed E-state index contributed by atoms with van der Waals surface area (Å²) in [6.45, 7) is 0. The summed E-state index contributed by atoms with van der Waals surface area (Å²) in [5.74, 6) is -0.433. The third-order valence-electron chi connectivity index (χ3n) is 7.25. The van der Waals surface area contributed by atoms with Crippen LogP contribution in [-0.2, 0) is 4.79 Å². The Morgan fingerprint density at radius 3 is 2.48 bits per heavy atom. The predicted octanol–water partition coefficient (Wildman–Crippen LogP) is 7.84. The number of nitrogens with one attached hydrogen (secondary N) is 3.